The van der Waals surface area contributed by atoms with Crippen LogP contribution in [0.2, 0.25) is 5.02 Å². The Morgan fingerprint density at radius 2 is 1.83 bits per heavy atom. The summed E-state index contributed by atoms with van der Waals surface area (Å²) in [6.45, 7) is 4.84. The molecule has 1 saturated heterocycles. The number of piperazine rings is 1. The summed E-state index contributed by atoms with van der Waals surface area (Å²) in [6.07, 6.45) is 1.35. The second-order valence-electron chi connectivity index (χ2n) is 8.65. The number of sulfonamides is 1. The van der Waals surface area contributed by atoms with Gasteiger partial charge in [-0.05, 0) is 42.3 Å². The number of hydrogen-bond donors (Lipinski definition) is 0. The molecule has 0 unspecified atom stereocenters. The number of methoxy groups -OCH3 is 1. The maximum atomic E-state index is 13.0. The number of rotatable bonds is 9. The maximum absolute atomic E-state index is 13.0. The molecule has 0 radical (unpaired) electrons. The van der Waals surface area contributed by atoms with Crippen molar-refractivity contribution in [3.63, 3.8) is 0 Å². The first-order valence-electron chi connectivity index (χ1n) is 11.5. The lowest BCUT2D eigenvalue weighted by Gasteiger charge is -2.35. The second-order valence-corrected chi connectivity index (χ2v) is 11.0. The van der Waals surface area contributed by atoms with Gasteiger partial charge < -0.3 is 14.0 Å². The lowest BCUT2D eigenvalue weighted by Crippen LogP contribution is -2.49. The van der Waals surface area contributed by atoms with Gasteiger partial charge in [-0.25, -0.2) is 13.4 Å². The van der Waals surface area contributed by atoms with Crippen LogP contribution in [0.15, 0.2) is 59.8 Å². The molecule has 2 heterocycles. The van der Waals surface area contributed by atoms with Crippen LogP contribution in [0.3, 0.4) is 0 Å². The molecule has 1 aromatic heterocycles. The van der Waals surface area contributed by atoms with E-state index in [1.807, 2.05) is 48.5 Å². The highest BCUT2D eigenvalue weighted by Gasteiger charge is 2.31. The molecule has 8 nitrogen and oxygen atoms in total. The highest BCUT2D eigenvalue weighted by atomic mass is 35.5. The van der Waals surface area contributed by atoms with Crippen molar-refractivity contribution in [2.45, 2.75) is 24.7 Å². The maximum Gasteiger partial charge on any atom is 0.262 e. The summed E-state index contributed by atoms with van der Waals surface area (Å²) in [4.78, 5) is 6.45. The van der Waals surface area contributed by atoms with Gasteiger partial charge in [-0.15, -0.1) is 0 Å². The largest absolute Gasteiger partial charge is 0.497 e. The van der Waals surface area contributed by atoms with E-state index in [1.54, 1.807) is 31.8 Å². The SMILES string of the molecule is COc1cccc([C@H](CN2CCN(S(=O)(=O)c3cn(C)c(C)n3)CC2)OCc2cccc(Cl)c2)c1. The van der Waals surface area contributed by atoms with Crippen LogP contribution in [-0.2, 0) is 28.4 Å². The summed E-state index contributed by atoms with van der Waals surface area (Å²) in [6, 6.07) is 15.5. The Labute approximate surface area is 212 Å². The van der Waals surface area contributed by atoms with Gasteiger partial charge in [-0.1, -0.05) is 35.9 Å². The molecule has 1 fully saturated rings. The van der Waals surface area contributed by atoms with Crippen LogP contribution in [0.25, 0.3) is 0 Å². The lowest BCUT2D eigenvalue weighted by molar-refractivity contribution is 0.00762. The number of nitrogens with zero attached hydrogens (tertiary/aromatic N) is 4. The molecule has 35 heavy (non-hydrogen) atoms. The molecule has 188 valence electrons. The fourth-order valence-corrected chi connectivity index (χ4v) is 5.75. The third kappa shape index (κ3) is 6.23. The molecule has 0 spiro atoms. The van der Waals surface area contributed by atoms with Gasteiger partial charge in [0.2, 0.25) is 0 Å². The Kier molecular flexibility index (Phi) is 8.13. The minimum atomic E-state index is -3.61. The standard InChI is InChI=1S/C25H31ClN4O4S/c1-19-27-25(17-28(19)2)35(31,32)30-12-10-29(11-13-30)16-24(21-7-5-9-23(15-21)33-3)34-18-20-6-4-8-22(26)14-20/h4-9,14-15,17,24H,10-13,16,18H2,1-3H3/t24-/m0/s1. The van der Waals surface area contributed by atoms with Crippen LogP contribution < -0.4 is 4.74 Å². The third-order valence-corrected chi connectivity index (χ3v) is 8.26. The van der Waals surface area contributed by atoms with Crippen molar-refractivity contribution < 1.29 is 17.9 Å². The van der Waals surface area contributed by atoms with Gasteiger partial charge in [-0.2, -0.15) is 4.31 Å². The van der Waals surface area contributed by atoms with Gasteiger partial charge in [0.05, 0.1) is 19.8 Å². The fraction of sp³-hybridized carbons (Fsp3) is 0.400. The quantitative estimate of drug-likeness (QED) is 0.430. The van der Waals surface area contributed by atoms with Crippen LogP contribution in [0.4, 0.5) is 0 Å². The summed E-state index contributed by atoms with van der Waals surface area (Å²) in [5.74, 6) is 1.43. The molecular weight excluding hydrogens is 488 g/mol. The van der Waals surface area contributed by atoms with E-state index < -0.39 is 10.0 Å². The monoisotopic (exact) mass is 518 g/mol. The van der Waals surface area contributed by atoms with Gasteiger partial charge in [0.1, 0.15) is 11.6 Å². The normalized spacial score (nSPS) is 16.3. The Balaban J connectivity index is 1.44. The van der Waals surface area contributed by atoms with E-state index in [4.69, 9.17) is 21.1 Å². The molecule has 4 rings (SSSR count). The Morgan fingerprint density at radius 1 is 1.09 bits per heavy atom. The zero-order valence-electron chi connectivity index (χ0n) is 20.2. The number of benzene rings is 2. The number of imidazole rings is 1. The van der Waals surface area contributed by atoms with Crippen LogP contribution in [-0.4, -0.2) is 67.0 Å². The average Bonchev–Trinajstić information content (AvgIpc) is 3.21. The second kappa shape index (κ2) is 11.1. The molecule has 0 amide bonds. The summed E-state index contributed by atoms with van der Waals surface area (Å²) in [5, 5.41) is 0.773. The molecular formula is C25H31ClN4O4S. The van der Waals surface area contributed by atoms with Crippen LogP contribution >= 0.6 is 11.6 Å². The molecule has 0 saturated carbocycles. The molecule has 1 atom stereocenters. The average molecular weight is 519 g/mol. The van der Waals surface area contributed by atoms with Crippen molar-refractivity contribution in [3.8, 4) is 5.75 Å². The van der Waals surface area contributed by atoms with E-state index in [0.29, 0.717) is 50.2 Å². The molecule has 3 aromatic rings. The van der Waals surface area contributed by atoms with Crippen molar-refractivity contribution in [2.24, 2.45) is 7.05 Å². The zero-order valence-corrected chi connectivity index (χ0v) is 21.8. The molecule has 10 heteroatoms. The van der Waals surface area contributed by atoms with Gasteiger partial charge in [0, 0.05) is 51.0 Å². The first-order valence-corrected chi connectivity index (χ1v) is 13.3. The summed E-state index contributed by atoms with van der Waals surface area (Å²) < 4.78 is 41.1. The first kappa shape index (κ1) is 25.7. The number of aromatic nitrogens is 2. The number of ether oxygens (including phenoxy) is 2. The Hall–Kier alpha value is -2.43. The van der Waals surface area contributed by atoms with Gasteiger partial charge in [0.25, 0.3) is 10.0 Å². The van der Waals surface area contributed by atoms with Crippen molar-refractivity contribution >= 4 is 21.6 Å². The predicted molar refractivity (Wildman–Crippen MR) is 135 cm³/mol. The first-order chi connectivity index (χ1) is 16.8. The number of hydrogen-bond acceptors (Lipinski definition) is 6. The van der Waals surface area contributed by atoms with E-state index in [1.165, 1.54) is 4.31 Å². The van der Waals surface area contributed by atoms with Crippen LogP contribution in [0.5, 0.6) is 5.75 Å². The van der Waals surface area contributed by atoms with Gasteiger partial charge in [-0.3, -0.25) is 4.90 Å². The molecule has 0 aliphatic carbocycles. The summed E-state index contributed by atoms with van der Waals surface area (Å²) in [7, 11) is -0.177. The summed E-state index contributed by atoms with van der Waals surface area (Å²) in [5.41, 5.74) is 2.00. The molecule has 1 aliphatic heterocycles. The number of aryl methyl sites for hydroxylation is 2. The fourth-order valence-electron chi connectivity index (χ4n) is 4.09. The topological polar surface area (TPSA) is 76.9 Å². The lowest BCUT2D eigenvalue weighted by atomic mass is 10.1. The van der Waals surface area contributed by atoms with E-state index in [9.17, 15) is 8.42 Å². The van der Waals surface area contributed by atoms with E-state index in [0.717, 1.165) is 16.9 Å². The van der Waals surface area contributed by atoms with Crippen molar-refractivity contribution in [3.05, 3.63) is 76.7 Å². The molecule has 0 N–H and O–H groups in total. The molecule has 0 bridgehead atoms. The summed E-state index contributed by atoms with van der Waals surface area (Å²) >= 11 is 6.14. The van der Waals surface area contributed by atoms with Crippen molar-refractivity contribution in [1.29, 1.82) is 0 Å². The third-order valence-electron chi connectivity index (χ3n) is 6.25. The Morgan fingerprint density at radius 3 is 2.49 bits per heavy atom. The predicted octanol–water partition coefficient (Wildman–Crippen LogP) is 3.65. The van der Waals surface area contributed by atoms with Crippen LogP contribution in [0.1, 0.15) is 23.1 Å². The molecule has 1 aliphatic rings. The van der Waals surface area contributed by atoms with Crippen molar-refractivity contribution in [1.82, 2.24) is 18.8 Å². The van der Waals surface area contributed by atoms with E-state index in [-0.39, 0.29) is 11.1 Å². The van der Waals surface area contributed by atoms with E-state index in [2.05, 4.69) is 9.88 Å². The minimum absolute atomic E-state index is 0.102. The zero-order chi connectivity index (χ0) is 25.0. The Bertz CT molecular complexity index is 1240. The number of halogens is 1. The van der Waals surface area contributed by atoms with E-state index >= 15 is 0 Å². The van der Waals surface area contributed by atoms with Crippen molar-refractivity contribution in [2.75, 3.05) is 39.8 Å². The highest BCUT2D eigenvalue weighted by Crippen LogP contribution is 2.26. The van der Waals surface area contributed by atoms with Crippen LogP contribution in [0, 0.1) is 6.92 Å². The van der Waals surface area contributed by atoms with Gasteiger partial charge in [0.15, 0.2) is 5.03 Å². The highest BCUT2D eigenvalue weighted by molar-refractivity contribution is 7.89. The smallest absolute Gasteiger partial charge is 0.262 e. The van der Waals surface area contributed by atoms with Gasteiger partial charge >= 0.3 is 0 Å². The minimum Gasteiger partial charge on any atom is -0.497 e. The molecule has 2 aromatic carbocycles.